The van der Waals surface area contributed by atoms with Crippen molar-refractivity contribution in [1.82, 2.24) is 5.32 Å². The summed E-state index contributed by atoms with van der Waals surface area (Å²) >= 11 is 0. The van der Waals surface area contributed by atoms with E-state index in [1.807, 2.05) is 30.3 Å². The molecule has 1 N–H and O–H groups in total. The number of hydrogen-bond acceptors (Lipinski definition) is 5. The van der Waals surface area contributed by atoms with Crippen molar-refractivity contribution in [3.63, 3.8) is 0 Å². The lowest BCUT2D eigenvalue weighted by Gasteiger charge is -2.40. The molecule has 3 rings (SSSR count). The molecule has 0 aliphatic carbocycles. The van der Waals surface area contributed by atoms with Gasteiger partial charge in [0.15, 0.2) is 12.1 Å². The van der Waals surface area contributed by atoms with Crippen molar-refractivity contribution in [3.8, 4) is 0 Å². The van der Waals surface area contributed by atoms with Crippen LogP contribution < -0.4 is 5.32 Å². The van der Waals surface area contributed by atoms with E-state index >= 15 is 0 Å². The highest BCUT2D eigenvalue weighted by Gasteiger charge is 2.45. The lowest BCUT2D eigenvalue weighted by molar-refractivity contribution is -0.268. The van der Waals surface area contributed by atoms with Gasteiger partial charge in [-0.3, -0.25) is 9.59 Å². The largest absolute Gasteiger partial charge is 0.370 e. The molecular weight excluding hydrogens is 274 g/mol. The smallest absolute Gasteiger partial charge is 0.217 e. The molecule has 112 valence electrons. The van der Waals surface area contributed by atoms with Crippen LogP contribution in [0.4, 0.5) is 0 Å². The van der Waals surface area contributed by atoms with Crippen molar-refractivity contribution in [1.29, 1.82) is 0 Å². The van der Waals surface area contributed by atoms with E-state index in [0.717, 1.165) is 5.56 Å². The minimum Gasteiger partial charge on any atom is -0.370 e. The van der Waals surface area contributed by atoms with Gasteiger partial charge in [0.2, 0.25) is 5.91 Å². The van der Waals surface area contributed by atoms with Crippen LogP contribution in [-0.2, 0) is 23.8 Å². The zero-order valence-electron chi connectivity index (χ0n) is 11.7. The average Bonchev–Trinajstić information content (AvgIpc) is 2.50. The zero-order valence-corrected chi connectivity index (χ0v) is 11.7. The molecule has 0 bridgehead atoms. The molecule has 6 nitrogen and oxygen atoms in total. The highest BCUT2D eigenvalue weighted by atomic mass is 16.7. The molecule has 0 radical (unpaired) electrons. The Labute approximate surface area is 122 Å². The summed E-state index contributed by atoms with van der Waals surface area (Å²) in [7, 11) is 0. The van der Waals surface area contributed by atoms with E-state index in [4.69, 9.17) is 14.2 Å². The number of carbonyl (C=O) groups excluding carboxylic acids is 2. The van der Waals surface area contributed by atoms with Crippen molar-refractivity contribution in [3.05, 3.63) is 35.9 Å². The third-order valence-electron chi connectivity index (χ3n) is 3.57. The van der Waals surface area contributed by atoms with Gasteiger partial charge in [-0.1, -0.05) is 30.3 Å². The molecule has 1 aromatic rings. The van der Waals surface area contributed by atoms with Gasteiger partial charge in [0.25, 0.3) is 0 Å². The summed E-state index contributed by atoms with van der Waals surface area (Å²) in [5.41, 5.74) is 0.852. The maximum atomic E-state index is 12.4. The van der Waals surface area contributed by atoms with Crippen molar-refractivity contribution >= 4 is 11.7 Å². The van der Waals surface area contributed by atoms with Crippen LogP contribution in [0.2, 0.25) is 0 Å². The van der Waals surface area contributed by atoms with E-state index in [9.17, 15) is 9.59 Å². The summed E-state index contributed by atoms with van der Waals surface area (Å²) < 4.78 is 16.9. The molecule has 2 aliphatic heterocycles. The molecule has 1 amide bonds. The van der Waals surface area contributed by atoms with Crippen LogP contribution in [0.15, 0.2) is 30.3 Å². The second kappa shape index (κ2) is 5.93. The van der Waals surface area contributed by atoms with Crippen molar-refractivity contribution in [2.24, 2.45) is 0 Å². The van der Waals surface area contributed by atoms with E-state index in [1.165, 1.54) is 6.92 Å². The molecule has 0 spiro atoms. The van der Waals surface area contributed by atoms with E-state index < -0.39 is 24.5 Å². The monoisotopic (exact) mass is 291 g/mol. The second-order valence-corrected chi connectivity index (χ2v) is 5.16. The zero-order chi connectivity index (χ0) is 14.8. The Morgan fingerprint density at radius 2 is 1.95 bits per heavy atom. The predicted molar refractivity (Wildman–Crippen MR) is 72.4 cm³/mol. The van der Waals surface area contributed by atoms with Crippen molar-refractivity contribution in [2.75, 3.05) is 13.2 Å². The third-order valence-corrected chi connectivity index (χ3v) is 3.57. The van der Waals surface area contributed by atoms with E-state index in [2.05, 4.69) is 5.32 Å². The number of Topliss-reactive ketones (excluding diaryl/α,β-unsaturated/α-hetero) is 1. The number of carbonyl (C=O) groups is 2. The van der Waals surface area contributed by atoms with Gasteiger partial charge in [-0.15, -0.1) is 0 Å². The number of fused-ring (bicyclic) bond motifs is 1. The maximum Gasteiger partial charge on any atom is 0.217 e. The van der Waals surface area contributed by atoms with E-state index in [1.54, 1.807) is 0 Å². The maximum absolute atomic E-state index is 12.4. The first-order chi connectivity index (χ1) is 10.1. The Kier molecular flexibility index (Phi) is 4.01. The molecule has 2 heterocycles. The lowest BCUT2D eigenvalue weighted by Crippen LogP contribution is -2.60. The molecule has 2 saturated heterocycles. The molecule has 0 saturated carbocycles. The molecule has 2 aliphatic rings. The highest BCUT2D eigenvalue weighted by molar-refractivity contribution is 5.92. The van der Waals surface area contributed by atoms with Crippen LogP contribution in [0, 0.1) is 0 Å². The molecular formula is C15H17NO5. The standard InChI is InChI=1S/C15H17NO5/c1-9(17)16-11-7-19-12-8-20-15(21-14(12)13(11)18)10-5-3-2-4-6-10/h2-6,11-12,14-15H,7-8H2,1H3,(H,16,17)/t11-,12+,14+,15+/m0/s1. The van der Waals surface area contributed by atoms with Crippen LogP contribution in [0.3, 0.4) is 0 Å². The fourth-order valence-corrected chi connectivity index (χ4v) is 2.56. The number of hydrogen-bond donors (Lipinski definition) is 1. The number of nitrogens with one attached hydrogen (secondary N) is 1. The number of ether oxygens (including phenoxy) is 3. The van der Waals surface area contributed by atoms with Crippen LogP contribution in [-0.4, -0.2) is 43.2 Å². The second-order valence-electron chi connectivity index (χ2n) is 5.16. The van der Waals surface area contributed by atoms with Gasteiger partial charge >= 0.3 is 0 Å². The Morgan fingerprint density at radius 1 is 1.19 bits per heavy atom. The molecule has 2 fully saturated rings. The summed E-state index contributed by atoms with van der Waals surface area (Å²) in [5.74, 6) is -0.423. The number of benzene rings is 1. The molecule has 0 unspecified atom stereocenters. The molecule has 1 aromatic carbocycles. The predicted octanol–water partition coefficient (Wildman–Crippen LogP) is 0.573. The minimum absolute atomic E-state index is 0.155. The quantitative estimate of drug-likeness (QED) is 0.862. The van der Waals surface area contributed by atoms with Crippen molar-refractivity contribution in [2.45, 2.75) is 31.5 Å². The topological polar surface area (TPSA) is 73.9 Å². The first-order valence-corrected chi connectivity index (χ1v) is 6.89. The average molecular weight is 291 g/mol. The lowest BCUT2D eigenvalue weighted by atomic mass is 9.99. The number of ketones is 1. The van der Waals surface area contributed by atoms with E-state index in [-0.39, 0.29) is 18.3 Å². The van der Waals surface area contributed by atoms with Gasteiger partial charge < -0.3 is 19.5 Å². The van der Waals surface area contributed by atoms with Gasteiger partial charge in [-0.2, -0.15) is 0 Å². The molecule has 21 heavy (non-hydrogen) atoms. The molecule has 0 aromatic heterocycles. The summed E-state index contributed by atoms with van der Waals surface area (Å²) in [5, 5.41) is 2.58. The van der Waals surface area contributed by atoms with Gasteiger partial charge in [0.1, 0.15) is 18.2 Å². The van der Waals surface area contributed by atoms with Gasteiger partial charge in [-0.25, -0.2) is 0 Å². The first kappa shape index (κ1) is 14.2. The van der Waals surface area contributed by atoms with Crippen LogP contribution >= 0.6 is 0 Å². The van der Waals surface area contributed by atoms with Gasteiger partial charge in [-0.05, 0) is 0 Å². The van der Waals surface area contributed by atoms with Crippen LogP contribution in [0.1, 0.15) is 18.8 Å². The molecule has 6 heteroatoms. The third kappa shape index (κ3) is 2.97. The number of rotatable bonds is 2. The Hall–Kier alpha value is -1.76. The van der Waals surface area contributed by atoms with Crippen molar-refractivity contribution < 1.29 is 23.8 Å². The molecule has 4 atom stereocenters. The number of amides is 1. The van der Waals surface area contributed by atoms with Crippen LogP contribution in [0.5, 0.6) is 0 Å². The summed E-state index contributed by atoms with van der Waals surface area (Å²) in [6.07, 6.45) is -1.71. The first-order valence-electron chi connectivity index (χ1n) is 6.89. The van der Waals surface area contributed by atoms with E-state index in [0.29, 0.717) is 6.61 Å². The summed E-state index contributed by atoms with van der Waals surface area (Å²) in [6, 6.07) is 8.77. The summed E-state index contributed by atoms with van der Waals surface area (Å²) in [6.45, 7) is 1.82. The normalized spacial score (nSPS) is 32.3. The Bertz CT molecular complexity index is 532. The van der Waals surface area contributed by atoms with Gasteiger partial charge in [0, 0.05) is 12.5 Å². The Balaban J connectivity index is 1.72. The Morgan fingerprint density at radius 3 is 2.67 bits per heavy atom. The fourth-order valence-electron chi connectivity index (χ4n) is 2.56. The van der Waals surface area contributed by atoms with Gasteiger partial charge in [0.05, 0.1) is 13.2 Å². The van der Waals surface area contributed by atoms with Crippen LogP contribution in [0.25, 0.3) is 0 Å². The highest BCUT2D eigenvalue weighted by Crippen LogP contribution is 2.30. The minimum atomic E-state index is -0.713. The fraction of sp³-hybridized carbons (Fsp3) is 0.467. The summed E-state index contributed by atoms with van der Waals surface area (Å²) in [4.78, 5) is 23.5. The SMILES string of the molecule is CC(=O)N[C@H]1CO[C@@H]2CO[C@@H](c3ccccc3)O[C@H]2C1=O.